The molecule has 0 bridgehead atoms. The van der Waals surface area contributed by atoms with E-state index in [9.17, 15) is 0 Å². The Labute approximate surface area is 121 Å². The van der Waals surface area contributed by atoms with Crippen LogP contribution in [0.4, 0.5) is 0 Å². The molecule has 3 aliphatic rings. The largest absolute Gasteiger partial charge is 0.362 e. The normalized spacial score (nSPS) is 38.8. The summed E-state index contributed by atoms with van der Waals surface area (Å²) in [4.78, 5) is 7.37. The summed E-state index contributed by atoms with van der Waals surface area (Å²) in [6, 6.07) is 1.39. The predicted molar refractivity (Wildman–Crippen MR) is 83.9 cm³/mol. The molecule has 0 aromatic rings. The number of likely N-dealkylation sites (tertiary alicyclic amines) is 1. The second-order valence-corrected chi connectivity index (χ2v) is 7.39. The van der Waals surface area contributed by atoms with Crippen LogP contribution in [0.15, 0.2) is 4.99 Å². The number of nitrogens with one attached hydrogen (secondary N) is 1. The molecule has 0 radical (unpaired) electrons. The lowest BCUT2D eigenvalue weighted by molar-refractivity contribution is 0.191. The molecule has 3 nitrogen and oxygen atoms in total. The third-order valence-corrected chi connectivity index (χ3v) is 6.13. The molecule has 2 heterocycles. The zero-order chi connectivity index (χ0) is 13.1. The van der Waals surface area contributed by atoms with E-state index in [-0.39, 0.29) is 0 Å². The first kappa shape index (κ1) is 13.7. The van der Waals surface area contributed by atoms with Gasteiger partial charge in [0.2, 0.25) is 0 Å². The lowest BCUT2D eigenvalue weighted by atomic mass is 9.86. The molecule has 2 saturated heterocycles. The number of aliphatic imine (C=N–C) groups is 1. The van der Waals surface area contributed by atoms with Crippen LogP contribution in [0.25, 0.3) is 0 Å². The maximum Gasteiger partial charge on any atom is 0.156 e. The first-order valence-corrected chi connectivity index (χ1v) is 8.95. The Morgan fingerprint density at radius 1 is 1.21 bits per heavy atom. The standard InChI is InChI=1S/C15H27N3S/c1-18-9-5-4-7-13(18)10-16-15-17-14-8-3-2-6-12(14)11-19-15/h12-14H,2-11H2,1H3,(H,16,17). The lowest BCUT2D eigenvalue weighted by Crippen LogP contribution is -2.46. The Hall–Kier alpha value is -0.220. The van der Waals surface area contributed by atoms with E-state index in [1.165, 1.54) is 62.4 Å². The van der Waals surface area contributed by atoms with Gasteiger partial charge in [-0.1, -0.05) is 31.0 Å². The highest BCUT2D eigenvalue weighted by Crippen LogP contribution is 2.31. The van der Waals surface area contributed by atoms with Crippen molar-refractivity contribution in [1.29, 1.82) is 0 Å². The molecule has 3 atom stereocenters. The molecule has 0 aromatic carbocycles. The van der Waals surface area contributed by atoms with E-state index < -0.39 is 0 Å². The van der Waals surface area contributed by atoms with Crippen LogP contribution in [0.5, 0.6) is 0 Å². The van der Waals surface area contributed by atoms with E-state index in [1.54, 1.807) is 0 Å². The van der Waals surface area contributed by atoms with Crippen molar-refractivity contribution < 1.29 is 0 Å². The maximum absolute atomic E-state index is 4.88. The monoisotopic (exact) mass is 281 g/mol. The number of rotatable bonds is 2. The minimum Gasteiger partial charge on any atom is -0.362 e. The van der Waals surface area contributed by atoms with Gasteiger partial charge in [-0.05, 0) is 45.2 Å². The molecule has 1 aliphatic carbocycles. The SMILES string of the molecule is CN1CCCCC1CN=C1NC2CCCCC2CS1. The minimum absolute atomic E-state index is 0.674. The van der Waals surface area contributed by atoms with Gasteiger partial charge in [-0.25, -0.2) is 0 Å². The minimum atomic E-state index is 0.674. The molecule has 2 aliphatic heterocycles. The van der Waals surface area contributed by atoms with Gasteiger partial charge in [0, 0.05) is 17.8 Å². The first-order valence-electron chi connectivity index (χ1n) is 7.97. The summed E-state index contributed by atoms with van der Waals surface area (Å²) in [5, 5.41) is 4.93. The van der Waals surface area contributed by atoms with Crippen LogP contribution in [0.2, 0.25) is 0 Å². The predicted octanol–water partition coefficient (Wildman–Crippen LogP) is 2.72. The Balaban J connectivity index is 1.52. The van der Waals surface area contributed by atoms with E-state index in [4.69, 9.17) is 4.99 Å². The summed E-state index contributed by atoms with van der Waals surface area (Å²) in [6.45, 7) is 2.24. The van der Waals surface area contributed by atoms with Crippen LogP contribution in [0.1, 0.15) is 44.9 Å². The lowest BCUT2D eigenvalue weighted by Gasteiger charge is -2.37. The first-order chi connectivity index (χ1) is 9.33. The number of nitrogens with zero attached hydrogens (tertiary/aromatic N) is 2. The van der Waals surface area contributed by atoms with Crippen LogP contribution in [0.3, 0.4) is 0 Å². The third-order valence-electron chi connectivity index (χ3n) is 5.02. The molecular weight excluding hydrogens is 254 g/mol. The summed E-state index contributed by atoms with van der Waals surface area (Å²) in [5.74, 6) is 2.19. The fourth-order valence-electron chi connectivity index (χ4n) is 3.64. The average Bonchev–Trinajstić information content (AvgIpc) is 2.46. The zero-order valence-corrected chi connectivity index (χ0v) is 12.9. The van der Waals surface area contributed by atoms with Crippen molar-refractivity contribution in [3.05, 3.63) is 0 Å². The summed E-state index contributed by atoms with van der Waals surface area (Å²) in [7, 11) is 2.25. The van der Waals surface area contributed by atoms with E-state index in [1.807, 2.05) is 11.8 Å². The number of piperidine rings is 1. The Kier molecular flexibility index (Phi) is 4.69. The summed E-state index contributed by atoms with van der Waals surface area (Å²) >= 11 is 1.96. The van der Waals surface area contributed by atoms with Gasteiger partial charge in [-0.15, -0.1) is 0 Å². The summed E-state index contributed by atoms with van der Waals surface area (Å²) in [5.41, 5.74) is 0. The van der Waals surface area contributed by atoms with Crippen molar-refractivity contribution in [3.63, 3.8) is 0 Å². The van der Waals surface area contributed by atoms with Crippen LogP contribution in [0, 0.1) is 5.92 Å². The van der Waals surface area contributed by atoms with Crippen LogP contribution in [-0.4, -0.2) is 48.0 Å². The van der Waals surface area contributed by atoms with Crippen molar-refractivity contribution in [3.8, 4) is 0 Å². The molecule has 1 saturated carbocycles. The topological polar surface area (TPSA) is 27.6 Å². The van der Waals surface area contributed by atoms with Gasteiger partial charge in [-0.2, -0.15) is 0 Å². The number of thioether (sulfide) groups is 1. The van der Waals surface area contributed by atoms with Gasteiger partial charge in [0.25, 0.3) is 0 Å². The van der Waals surface area contributed by atoms with Crippen molar-refractivity contribution in [2.24, 2.45) is 10.9 Å². The van der Waals surface area contributed by atoms with E-state index in [0.29, 0.717) is 6.04 Å². The Morgan fingerprint density at radius 2 is 2.05 bits per heavy atom. The van der Waals surface area contributed by atoms with Gasteiger partial charge in [0.05, 0.1) is 6.54 Å². The highest BCUT2D eigenvalue weighted by Gasteiger charge is 2.30. The number of fused-ring (bicyclic) bond motifs is 1. The maximum atomic E-state index is 4.88. The fourth-order valence-corrected chi connectivity index (χ4v) is 4.81. The molecule has 108 valence electrons. The highest BCUT2D eigenvalue weighted by atomic mass is 32.2. The molecule has 3 unspecified atom stereocenters. The smallest absolute Gasteiger partial charge is 0.156 e. The van der Waals surface area contributed by atoms with Gasteiger partial charge in [0.1, 0.15) is 0 Å². The van der Waals surface area contributed by atoms with Crippen LogP contribution in [-0.2, 0) is 0 Å². The number of hydrogen-bond donors (Lipinski definition) is 1. The van der Waals surface area contributed by atoms with Crippen molar-refractivity contribution in [2.75, 3.05) is 25.9 Å². The quantitative estimate of drug-likeness (QED) is 0.843. The molecule has 0 amide bonds. The number of likely N-dealkylation sites (N-methyl/N-ethyl adjacent to an activating group) is 1. The van der Waals surface area contributed by atoms with Gasteiger partial charge < -0.3 is 10.2 Å². The van der Waals surface area contributed by atoms with Gasteiger partial charge in [0.15, 0.2) is 5.17 Å². The Bertz CT molecular complexity index is 331. The molecular formula is C15H27N3S. The summed E-state index contributed by atoms with van der Waals surface area (Å²) in [6.07, 6.45) is 9.67. The van der Waals surface area contributed by atoms with E-state index in [0.717, 1.165) is 18.5 Å². The van der Waals surface area contributed by atoms with Crippen molar-refractivity contribution in [1.82, 2.24) is 10.2 Å². The van der Waals surface area contributed by atoms with Crippen molar-refractivity contribution >= 4 is 16.9 Å². The molecule has 0 aromatic heterocycles. The number of hydrogen-bond acceptors (Lipinski definition) is 3. The summed E-state index contributed by atoms with van der Waals surface area (Å²) < 4.78 is 0. The highest BCUT2D eigenvalue weighted by molar-refractivity contribution is 8.13. The molecule has 0 spiro atoms. The molecule has 3 fully saturated rings. The van der Waals surface area contributed by atoms with E-state index >= 15 is 0 Å². The molecule has 1 N–H and O–H groups in total. The third kappa shape index (κ3) is 3.46. The van der Waals surface area contributed by atoms with Crippen molar-refractivity contribution in [2.45, 2.75) is 57.0 Å². The molecule has 3 rings (SSSR count). The van der Waals surface area contributed by atoms with Gasteiger partial charge >= 0.3 is 0 Å². The molecule has 19 heavy (non-hydrogen) atoms. The van der Waals surface area contributed by atoms with Crippen LogP contribution < -0.4 is 5.32 Å². The number of amidine groups is 1. The molecule has 4 heteroatoms. The second-order valence-electron chi connectivity index (χ2n) is 6.38. The Morgan fingerprint density at radius 3 is 2.95 bits per heavy atom. The zero-order valence-electron chi connectivity index (χ0n) is 12.1. The van der Waals surface area contributed by atoms with E-state index in [2.05, 4.69) is 17.3 Å². The fraction of sp³-hybridized carbons (Fsp3) is 0.933. The second kappa shape index (κ2) is 6.49. The van der Waals surface area contributed by atoms with Crippen LogP contribution >= 0.6 is 11.8 Å². The average molecular weight is 281 g/mol. The van der Waals surface area contributed by atoms with Gasteiger partial charge in [-0.3, -0.25) is 4.99 Å².